The van der Waals surface area contributed by atoms with Crippen LogP contribution in [0.1, 0.15) is 35.4 Å². The van der Waals surface area contributed by atoms with Crippen LogP contribution in [-0.2, 0) is 4.79 Å². The Bertz CT molecular complexity index is 473. The molecule has 1 aliphatic carbocycles. The highest BCUT2D eigenvalue weighted by Crippen LogP contribution is 2.25. The van der Waals surface area contributed by atoms with E-state index in [1.54, 1.807) is 12.1 Å². The second kappa shape index (κ2) is 5.16. The molecule has 2 N–H and O–H groups in total. The summed E-state index contributed by atoms with van der Waals surface area (Å²) in [4.78, 5) is 26.9. The number of rotatable bonds is 3. The predicted molar refractivity (Wildman–Crippen MR) is 65.2 cm³/mol. The van der Waals surface area contributed by atoms with Crippen molar-refractivity contribution in [1.82, 2.24) is 10.3 Å². The second-order valence-electron chi connectivity index (χ2n) is 4.68. The standard InChI is InChI=1S/C13H16N2O3/c1-8-3-2-4-11(14-8)12(16)15-10-6-5-9(7-10)13(17)18/h2-4,9-10H,5-7H2,1H3,(H,15,16)(H,17,18). The molecular formula is C13H16N2O3. The zero-order valence-corrected chi connectivity index (χ0v) is 10.2. The van der Waals surface area contributed by atoms with Gasteiger partial charge in [-0.3, -0.25) is 9.59 Å². The lowest BCUT2D eigenvalue weighted by molar-refractivity contribution is -0.141. The highest BCUT2D eigenvalue weighted by molar-refractivity contribution is 5.92. The van der Waals surface area contributed by atoms with E-state index in [1.165, 1.54) is 0 Å². The Morgan fingerprint density at radius 1 is 1.39 bits per heavy atom. The Labute approximate surface area is 105 Å². The molecular weight excluding hydrogens is 232 g/mol. The van der Waals surface area contributed by atoms with Gasteiger partial charge in [-0.05, 0) is 38.3 Å². The number of carboxylic acids is 1. The van der Waals surface area contributed by atoms with Gasteiger partial charge in [0.25, 0.3) is 5.91 Å². The zero-order chi connectivity index (χ0) is 13.1. The third kappa shape index (κ3) is 2.85. The molecule has 0 aliphatic heterocycles. The van der Waals surface area contributed by atoms with Gasteiger partial charge in [0.1, 0.15) is 5.69 Å². The molecule has 18 heavy (non-hydrogen) atoms. The minimum absolute atomic E-state index is 0.0547. The lowest BCUT2D eigenvalue weighted by atomic mass is 10.1. The highest BCUT2D eigenvalue weighted by atomic mass is 16.4. The van der Waals surface area contributed by atoms with Gasteiger partial charge in [-0.1, -0.05) is 6.07 Å². The van der Waals surface area contributed by atoms with Gasteiger partial charge in [-0.15, -0.1) is 0 Å². The van der Waals surface area contributed by atoms with Crippen LogP contribution in [0.15, 0.2) is 18.2 Å². The quantitative estimate of drug-likeness (QED) is 0.846. The fourth-order valence-corrected chi connectivity index (χ4v) is 2.27. The SMILES string of the molecule is Cc1cccc(C(=O)NC2CCC(C(=O)O)C2)n1. The summed E-state index contributed by atoms with van der Waals surface area (Å²) in [6.07, 6.45) is 1.85. The maximum atomic E-state index is 11.9. The Balaban J connectivity index is 1.95. The fourth-order valence-electron chi connectivity index (χ4n) is 2.27. The van der Waals surface area contributed by atoms with Crippen LogP contribution in [-0.4, -0.2) is 28.0 Å². The summed E-state index contributed by atoms with van der Waals surface area (Å²) in [7, 11) is 0. The van der Waals surface area contributed by atoms with Gasteiger partial charge in [-0.2, -0.15) is 0 Å². The molecule has 1 amide bonds. The van der Waals surface area contributed by atoms with Gasteiger partial charge in [0.2, 0.25) is 0 Å². The number of amides is 1. The van der Waals surface area contributed by atoms with E-state index >= 15 is 0 Å². The number of aliphatic carboxylic acids is 1. The number of carbonyl (C=O) groups excluding carboxylic acids is 1. The van der Waals surface area contributed by atoms with Crippen molar-refractivity contribution in [3.05, 3.63) is 29.6 Å². The molecule has 5 nitrogen and oxygen atoms in total. The third-order valence-corrected chi connectivity index (χ3v) is 3.24. The fraction of sp³-hybridized carbons (Fsp3) is 0.462. The third-order valence-electron chi connectivity index (χ3n) is 3.24. The largest absolute Gasteiger partial charge is 0.481 e. The molecule has 2 unspecified atom stereocenters. The van der Waals surface area contributed by atoms with E-state index in [9.17, 15) is 9.59 Å². The molecule has 1 heterocycles. The summed E-state index contributed by atoms with van der Waals surface area (Å²) in [6.45, 7) is 1.83. The first-order valence-electron chi connectivity index (χ1n) is 6.03. The first-order chi connectivity index (χ1) is 8.56. The van der Waals surface area contributed by atoms with Crippen LogP contribution in [0.3, 0.4) is 0 Å². The van der Waals surface area contributed by atoms with Crippen molar-refractivity contribution in [3.8, 4) is 0 Å². The number of hydrogen-bond acceptors (Lipinski definition) is 3. The van der Waals surface area contributed by atoms with Crippen molar-refractivity contribution >= 4 is 11.9 Å². The monoisotopic (exact) mass is 248 g/mol. The summed E-state index contributed by atoms with van der Waals surface area (Å²) in [5, 5.41) is 11.7. The van der Waals surface area contributed by atoms with Crippen molar-refractivity contribution in [3.63, 3.8) is 0 Å². The minimum Gasteiger partial charge on any atom is -0.481 e. The van der Waals surface area contributed by atoms with Crippen LogP contribution in [0, 0.1) is 12.8 Å². The number of carboxylic acid groups (broad SMARTS) is 1. The zero-order valence-electron chi connectivity index (χ0n) is 10.2. The van der Waals surface area contributed by atoms with Gasteiger partial charge >= 0.3 is 5.97 Å². The van der Waals surface area contributed by atoms with E-state index in [-0.39, 0.29) is 17.9 Å². The Morgan fingerprint density at radius 2 is 2.17 bits per heavy atom. The molecule has 2 atom stereocenters. The van der Waals surface area contributed by atoms with Crippen LogP contribution in [0.25, 0.3) is 0 Å². The molecule has 2 rings (SSSR count). The molecule has 0 saturated heterocycles. The summed E-state index contributed by atoms with van der Waals surface area (Å²) in [5.74, 6) is -1.34. The normalized spacial score (nSPS) is 22.7. The van der Waals surface area contributed by atoms with E-state index in [1.807, 2.05) is 13.0 Å². The summed E-state index contributed by atoms with van der Waals surface area (Å²) >= 11 is 0. The molecule has 5 heteroatoms. The Hall–Kier alpha value is -1.91. The molecule has 96 valence electrons. The van der Waals surface area contributed by atoms with Crippen LogP contribution in [0.4, 0.5) is 0 Å². The van der Waals surface area contributed by atoms with E-state index in [0.29, 0.717) is 25.0 Å². The van der Waals surface area contributed by atoms with Gasteiger partial charge < -0.3 is 10.4 Å². The highest BCUT2D eigenvalue weighted by Gasteiger charge is 2.30. The van der Waals surface area contributed by atoms with Crippen molar-refractivity contribution in [2.24, 2.45) is 5.92 Å². The van der Waals surface area contributed by atoms with Gasteiger partial charge in [0.05, 0.1) is 5.92 Å². The van der Waals surface area contributed by atoms with Crippen molar-refractivity contribution in [2.75, 3.05) is 0 Å². The number of hydrogen-bond donors (Lipinski definition) is 2. The topological polar surface area (TPSA) is 79.3 Å². The molecule has 0 bridgehead atoms. The first kappa shape index (κ1) is 12.5. The summed E-state index contributed by atoms with van der Waals surface area (Å²) in [5.41, 5.74) is 1.17. The molecule has 1 aromatic heterocycles. The average Bonchev–Trinajstić information content (AvgIpc) is 2.77. The summed E-state index contributed by atoms with van der Waals surface area (Å²) < 4.78 is 0. The van der Waals surface area contributed by atoms with Gasteiger partial charge in [0.15, 0.2) is 0 Å². The molecule has 0 radical (unpaired) electrons. The van der Waals surface area contributed by atoms with E-state index in [4.69, 9.17) is 5.11 Å². The molecule has 1 aliphatic rings. The van der Waals surface area contributed by atoms with E-state index in [2.05, 4.69) is 10.3 Å². The number of carbonyl (C=O) groups is 2. The molecule has 0 aromatic carbocycles. The van der Waals surface area contributed by atoms with Crippen molar-refractivity contribution in [2.45, 2.75) is 32.2 Å². The number of nitrogens with one attached hydrogen (secondary N) is 1. The predicted octanol–water partition coefficient (Wildman–Crippen LogP) is 1.37. The first-order valence-corrected chi connectivity index (χ1v) is 6.03. The number of pyridine rings is 1. The van der Waals surface area contributed by atoms with Crippen LogP contribution in [0.2, 0.25) is 0 Å². The molecule has 1 fully saturated rings. The number of aryl methyl sites for hydroxylation is 1. The van der Waals surface area contributed by atoms with Crippen LogP contribution in [0.5, 0.6) is 0 Å². The molecule has 0 spiro atoms. The Kier molecular flexibility index (Phi) is 3.60. The second-order valence-corrected chi connectivity index (χ2v) is 4.68. The number of nitrogens with zero attached hydrogens (tertiary/aromatic N) is 1. The maximum absolute atomic E-state index is 11.9. The smallest absolute Gasteiger partial charge is 0.306 e. The Morgan fingerprint density at radius 3 is 2.78 bits per heavy atom. The maximum Gasteiger partial charge on any atom is 0.306 e. The average molecular weight is 248 g/mol. The van der Waals surface area contributed by atoms with Crippen molar-refractivity contribution in [1.29, 1.82) is 0 Å². The van der Waals surface area contributed by atoms with Crippen molar-refractivity contribution < 1.29 is 14.7 Å². The lowest BCUT2D eigenvalue weighted by Gasteiger charge is -2.12. The van der Waals surface area contributed by atoms with Crippen LogP contribution < -0.4 is 5.32 Å². The minimum atomic E-state index is -0.777. The van der Waals surface area contributed by atoms with Gasteiger partial charge in [0, 0.05) is 11.7 Å². The van der Waals surface area contributed by atoms with E-state index in [0.717, 1.165) is 5.69 Å². The lowest BCUT2D eigenvalue weighted by Crippen LogP contribution is -2.33. The summed E-state index contributed by atoms with van der Waals surface area (Å²) in [6, 6.07) is 5.21. The van der Waals surface area contributed by atoms with Crippen LogP contribution >= 0.6 is 0 Å². The number of aromatic nitrogens is 1. The van der Waals surface area contributed by atoms with E-state index < -0.39 is 5.97 Å². The van der Waals surface area contributed by atoms with Gasteiger partial charge in [-0.25, -0.2) is 4.98 Å². The molecule has 1 saturated carbocycles. The molecule has 1 aromatic rings.